The van der Waals surface area contributed by atoms with Gasteiger partial charge in [-0.15, -0.1) is 0 Å². The van der Waals surface area contributed by atoms with Gasteiger partial charge in [-0.1, -0.05) is 84.0 Å². The number of hydrogen-bond acceptors (Lipinski definition) is 3. The summed E-state index contributed by atoms with van der Waals surface area (Å²) >= 11 is 3.53. The molecule has 0 saturated heterocycles. The lowest BCUT2D eigenvalue weighted by atomic mass is 9.86. The van der Waals surface area contributed by atoms with Crippen molar-refractivity contribution >= 4 is 33.3 Å². The van der Waals surface area contributed by atoms with Gasteiger partial charge in [0, 0.05) is 16.8 Å². The van der Waals surface area contributed by atoms with Gasteiger partial charge in [0.15, 0.2) is 12.4 Å². The van der Waals surface area contributed by atoms with Crippen molar-refractivity contribution in [3.05, 3.63) is 93.5 Å². The summed E-state index contributed by atoms with van der Waals surface area (Å²) in [7, 11) is 0. The summed E-state index contributed by atoms with van der Waals surface area (Å²) in [5, 5.41) is 2.81. The summed E-state index contributed by atoms with van der Waals surface area (Å²) < 4.78 is 6.50. The molecule has 0 aliphatic heterocycles. The average molecular weight is 522 g/mol. The highest BCUT2D eigenvalue weighted by molar-refractivity contribution is 9.10. The number of benzene rings is 3. The highest BCUT2D eigenvalue weighted by Gasteiger charge is 2.17. The Labute approximate surface area is 210 Å². The second kappa shape index (κ2) is 10.1. The summed E-state index contributed by atoms with van der Waals surface area (Å²) in [6, 6.07) is 20.5. The zero-order valence-corrected chi connectivity index (χ0v) is 22.2. The molecule has 0 aliphatic carbocycles. The number of anilines is 1. The highest BCUT2D eigenvalue weighted by atomic mass is 79.9. The maximum absolute atomic E-state index is 12.9. The van der Waals surface area contributed by atoms with E-state index < -0.39 is 0 Å². The zero-order valence-electron chi connectivity index (χ0n) is 20.7. The number of hydrogen-bond donors (Lipinski definition) is 1. The molecule has 0 fully saturated rings. The maximum Gasteiger partial charge on any atom is 0.262 e. The largest absolute Gasteiger partial charge is 0.483 e. The Balaban J connectivity index is 1.64. The van der Waals surface area contributed by atoms with Crippen molar-refractivity contribution in [2.75, 3.05) is 11.9 Å². The number of carbonyl (C=O) groups is 2. The van der Waals surface area contributed by atoms with Gasteiger partial charge in [-0.3, -0.25) is 9.59 Å². The number of halogens is 1. The Morgan fingerprint density at radius 3 is 2.00 bits per heavy atom. The number of nitrogens with one attached hydrogen (secondary N) is 1. The standard InChI is InChI=1S/C29H32BrNO3/c1-28(2,3)21-12-10-19(11-13-21)27(33)20-8-7-9-23(16-20)31-26(32)18-34-25-15-14-22(17-24(25)30)29(4,5)6/h7-17H,18H2,1-6H3,(H,31,32). The topological polar surface area (TPSA) is 55.4 Å². The lowest BCUT2D eigenvalue weighted by Crippen LogP contribution is -2.20. The van der Waals surface area contributed by atoms with Crippen LogP contribution < -0.4 is 10.1 Å². The Bertz CT molecular complexity index is 1190. The molecule has 0 saturated carbocycles. The van der Waals surface area contributed by atoms with Crippen LogP contribution in [0, 0.1) is 0 Å². The summed E-state index contributed by atoms with van der Waals surface area (Å²) in [5.41, 5.74) is 4.07. The van der Waals surface area contributed by atoms with Crippen LogP contribution in [0.5, 0.6) is 5.75 Å². The molecule has 0 heterocycles. The fourth-order valence-electron chi connectivity index (χ4n) is 3.45. The van der Waals surface area contributed by atoms with E-state index in [2.05, 4.69) is 62.8 Å². The van der Waals surface area contributed by atoms with Gasteiger partial charge in [-0.2, -0.15) is 0 Å². The van der Waals surface area contributed by atoms with Crippen molar-refractivity contribution in [2.24, 2.45) is 0 Å². The van der Waals surface area contributed by atoms with E-state index in [-0.39, 0.29) is 29.1 Å². The van der Waals surface area contributed by atoms with Gasteiger partial charge < -0.3 is 10.1 Å². The first kappa shape index (κ1) is 25.7. The van der Waals surface area contributed by atoms with Crippen LogP contribution in [0.1, 0.15) is 68.6 Å². The minimum Gasteiger partial charge on any atom is -0.483 e. The van der Waals surface area contributed by atoms with Gasteiger partial charge in [0.05, 0.1) is 4.47 Å². The average Bonchev–Trinajstić information content (AvgIpc) is 2.77. The van der Waals surface area contributed by atoms with E-state index in [9.17, 15) is 9.59 Å². The molecule has 5 heteroatoms. The molecule has 4 nitrogen and oxygen atoms in total. The summed E-state index contributed by atoms with van der Waals surface area (Å²) in [5.74, 6) is 0.215. The van der Waals surface area contributed by atoms with Gasteiger partial charge in [0.2, 0.25) is 0 Å². The monoisotopic (exact) mass is 521 g/mol. The third-order valence-electron chi connectivity index (χ3n) is 5.58. The minimum absolute atomic E-state index is 0.0233. The van der Waals surface area contributed by atoms with Crippen LogP contribution in [0.15, 0.2) is 71.2 Å². The molecule has 3 aromatic carbocycles. The van der Waals surface area contributed by atoms with Gasteiger partial charge in [-0.05, 0) is 62.2 Å². The summed E-state index contributed by atoms with van der Waals surface area (Å²) in [4.78, 5) is 25.4. The second-order valence-electron chi connectivity index (χ2n) is 10.5. The van der Waals surface area contributed by atoms with Crippen LogP contribution in [-0.2, 0) is 15.6 Å². The Kier molecular flexibility index (Phi) is 7.67. The van der Waals surface area contributed by atoms with Crippen LogP contribution in [0.3, 0.4) is 0 Å². The summed E-state index contributed by atoms with van der Waals surface area (Å²) in [6.45, 7) is 12.7. The van der Waals surface area contributed by atoms with E-state index in [0.29, 0.717) is 22.6 Å². The molecule has 0 spiro atoms. The zero-order chi connectivity index (χ0) is 25.1. The van der Waals surface area contributed by atoms with Crippen LogP contribution in [0.25, 0.3) is 0 Å². The van der Waals surface area contributed by atoms with E-state index in [4.69, 9.17) is 4.74 Å². The SMILES string of the molecule is CC(C)(C)c1ccc(C(=O)c2cccc(NC(=O)COc3ccc(C(C)(C)C)cc3Br)c2)cc1. The molecule has 1 amide bonds. The Hall–Kier alpha value is -2.92. The molecule has 0 unspecified atom stereocenters. The quantitative estimate of drug-likeness (QED) is 0.346. The minimum atomic E-state index is -0.300. The fourth-order valence-corrected chi connectivity index (χ4v) is 3.94. The normalized spacial score (nSPS) is 11.7. The van der Waals surface area contributed by atoms with Crippen molar-refractivity contribution in [3.8, 4) is 5.75 Å². The number of carbonyl (C=O) groups excluding carboxylic acids is 2. The van der Waals surface area contributed by atoms with Crippen molar-refractivity contribution in [1.82, 2.24) is 0 Å². The van der Waals surface area contributed by atoms with Crippen molar-refractivity contribution < 1.29 is 14.3 Å². The molecule has 1 N–H and O–H groups in total. The van der Waals surface area contributed by atoms with E-state index in [1.807, 2.05) is 42.5 Å². The third kappa shape index (κ3) is 6.57. The van der Waals surface area contributed by atoms with Crippen molar-refractivity contribution in [2.45, 2.75) is 52.4 Å². The molecule has 3 rings (SSSR count). The molecule has 0 bridgehead atoms. The predicted octanol–water partition coefficient (Wildman–Crippen LogP) is 7.29. The van der Waals surface area contributed by atoms with E-state index in [1.54, 1.807) is 24.3 Å². The first-order valence-corrected chi connectivity index (χ1v) is 12.1. The van der Waals surface area contributed by atoms with Crippen molar-refractivity contribution in [3.63, 3.8) is 0 Å². The third-order valence-corrected chi connectivity index (χ3v) is 6.20. The molecule has 0 aliphatic rings. The molecule has 178 valence electrons. The highest BCUT2D eigenvalue weighted by Crippen LogP contribution is 2.31. The molecular weight excluding hydrogens is 490 g/mol. The van der Waals surface area contributed by atoms with Crippen LogP contribution in [0.2, 0.25) is 0 Å². The van der Waals surface area contributed by atoms with Crippen molar-refractivity contribution in [1.29, 1.82) is 0 Å². The van der Waals surface area contributed by atoms with Gasteiger partial charge >= 0.3 is 0 Å². The van der Waals surface area contributed by atoms with E-state index in [0.717, 1.165) is 4.47 Å². The molecule has 34 heavy (non-hydrogen) atoms. The van der Waals surface area contributed by atoms with Gasteiger partial charge in [-0.25, -0.2) is 0 Å². The van der Waals surface area contributed by atoms with E-state index in [1.165, 1.54) is 11.1 Å². The van der Waals surface area contributed by atoms with Crippen LogP contribution in [-0.4, -0.2) is 18.3 Å². The molecule has 3 aromatic rings. The Morgan fingerprint density at radius 2 is 1.41 bits per heavy atom. The number of ether oxygens (including phenoxy) is 1. The fraction of sp³-hybridized carbons (Fsp3) is 0.310. The predicted molar refractivity (Wildman–Crippen MR) is 142 cm³/mol. The maximum atomic E-state index is 12.9. The number of rotatable bonds is 6. The second-order valence-corrected chi connectivity index (χ2v) is 11.3. The lowest BCUT2D eigenvalue weighted by Gasteiger charge is -2.20. The van der Waals surface area contributed by atoms with Crippen LogP contribution >= 0.6 is 15.9 Å². The summed E-state index contributed by atoms with van der Waals surface area (Å²) in [6.07, 6.45) is 0. The number of amides is 1. The molecule has 0 atom stereocenters. The van der Waals surface area contributed by atoms with Crippen LogP contribution in [0.4, 0.5) is 5.69 Å². The molecule has 0 radical (unpaired) electrons. The van der Waals surface area contributed by atoms with E-state index >= 15 is 0 Å². The molecule has 0 aromatic heterocycles. The first-order chi connectivity index (χ1) is 15.8. The number of ketones is 1. The smallest absolute Gasteiger partial charge is 0.262 e. The lowest BCUT2D eigenvalue weighted by molar-refractivity contribution is -0.118. The first-order valence-electron chi connectivity index (χ1n) is 11.3. The molecular formula is C29H32BrNO3. The van der Waals surface area contributed by atoms with Gasteiger partial charge in [0.1, 0.15) is 5.75 Å². The van der Waals surface area contributed by atoms with Gasteiger partial charge in [0.25, 0.3) is 5.91 Å². The Morgan fingerprint density at radius 1 is 0.794 bits per heavy atom.